The summed E-state index contributed by atoms with van der Waals surface area (Å²) >= 11 is 0. The van der Waals surface area contributed by atoms with Crippen molar-refractivity contribution in [2.24, 2.45) is 0 Å². The van der Waals surface area contributed by atoms with Crippen molar-refractivity contribution in [2.75, 3.05) is 13.2 Å². The van der Waals surface area contributed by atoms with Crippen molar-refractivity contribution in [3.05, 3.63) is 72.6 Å². The van der Waals surface area contributed by atoms with Crippen LogP contribution >= 0.6 is 0 Å². The third-order valence-corrected chi connectivity index (χ3v) is 4.17. The van der Waals surface area contributed by atoms with Gasteiger partial charge in [-0.25, -0.2) is 14.0 Å². The molecule has 0 unspecified atom stereocenters. The molecule has 0 radical (unpaired) electrons. The lowest BCUT2D eigenvalue weighted by Crippen LogP contribution is -2.31. The van der Waals surface area contributed by atoms with Crippen LogP contribution in [-0.2, 0) is 23.9 Å². The van der Waals surface area contributed by atoms with Crippen LogP contribution in [0.5, 0.6) is 11.5 Å². The average Bonchev–Trinajstić information content (AvgIpc) is 2.76. The van der Waals surface area contributed by atoms with Crippen molar-refractivity contribution < 1.29 is 37.7 Å². The van der Waals surface area contributed by atoms with E-state index in [2.05, 4.69) is 13.2 Å². The van der Waals surface area contributed by atoms with Crippen LogP contribution in [0.1, 0.15) is 20.8 Å². The molecular formula is C25H25FO7. The fourth-order valence-corrected chi connectivity index (χ4v) is 2.54. The predicted octanol–water partition coefficient (Wildman–Crippen LogP) is 4.40. The highest BCUT2D eigenvalue weighted by molar-refractivity contribution is 5.87. The molecule has 2 rings (SSSR count). The van der Waals surface area contributed by atoms with Crippen LogP contribution in [0, 0.1) is 5.82 Å². The standard InChI is InChI=1S/C25H25FO7/c1-15(2)24(28)30-13-21(14-31-25(29)16(3)4)33-20-9-6-18(7-10-20)19-8-11-23(22(26)12-19)32-17(5)27/h6-12,21H,1,3,13-14H2,2,4-5H3. The first-order valence-corrected chi connectivity index (χ1v) is 9.97. The van der Waals surface area contributed by atoms with Gasteiger partial charge in [0.15, 0.2) is 17.7 Å². The molecule has 0 aromatic heterocycles. The molecule has 33 heavy (non-hydrogen) atoms. The second-order valence-electron chi connectivity index (χ2n) is 7.26. The van der Waals surface area contributed by atoms with E-state index in [4.69, 9.17) is 18.9 Å². The zero-order chi connectivity index (χ0) is 24.5. The van der Waals surface area contributed by atoms with Crippen molar-refractivity contribution >= 4 is 17.9 Å². The van der Waals surface area contributed by atoms with Crippen molar-refractivity contribution in [3.8, 4) is 22.6 Å². The summed E-state index contributed by atoms with van der Waals surface area (Å²) in [7, 11) is 0. The Bertz CT molecular complexity index is 1030. The molecule has 0 atom stereocenters. The van der Waals surface area contributed by atoms with Crippen molar-refractivity contribution in [3.63, 3.8) is 0 Å². The number of carbonyl (C=O) groups excluding carboxylic acids is 3. The lowest BCUT2D eigenvalue weighted by atomic mass is 10.1. The third-order valence-electron chi connectivity index (χ3n) is 4.17. The van der Waals surface area contributed by atoms with E-state index in [1.54, 1.807) is 30.3 Å². The minimum atomic E-state index is -0.775. The highest BCUT2D eigenvalue weighted by atomic mass is 19.1. The molecule has 0 aliphatic rings. The first-order valence-electron chi connectivity index (χ1n) is 9.97. The number of benzene rings is 2. The van der Waals surface area contributed by atoms with Gasteiger partial charge in [0.2, 0.25) is 0 Å². The van der Waals surface area contributed by atoms with Gasteiger partial charge in [0.1, 0.15) is 19.0 Å². The summed E-state index contributed by atoms with van der Waals surface area (Å²) in [5.74, 6) is -2.20. The van der Waals surface area contributed by atoms with Crippen molar-refractivity contribution in [1.82, 2.24) is 0 Å². The van der Waals surface area contributed by atoms with Gasteiger partial charge in [-0.1, -0.05) is 31.4 Å². The Kier molecular flexibility index (Phi) is 8.91. The van der Waals surface area contributed by atoms with Crippen molar-refractivity contribution in [1.29, 1.82) is 0 Å². The zero-order valence-corrected chi connectivity index (χ0v) is 18.7. The second-order valence-corrected chi connectivity index (χ2v) is 7.26. The Labute approximate surface area is 191 Å². The van der Waals surface area contributed by atoms with Gasteiger partial charge in [-0.05, 0) is 49.2 Å². The SMILES string of the molecule is C=C(C)C(=O)OCC(COC(=O)C(=C)C)Oc1ccc(-c2ccc(OC(C)=O)c(F)c2)cc1. The Morgan fingerprint density at radius 3 is 1.82 bits per heavy atom. The van der Waals surface area contributed by atoms with E-state index in [0.717, 1.165) is 0 Å². The van der Waals surface area contributed by atoms with Gasteiger partial charge in [0, 0.05) is 18.1 Å². The lowest BCUT2D eigenvalue weighted by Gasteiger charge is -2.19. The molecule has 2 aromatic carbocycles. The molecular weight excluding hydrogens is 431 g/mol. The molecule has 0 saturated heterocycles. The molecule has 8 heteroatoms. The van der Waals surface area contributed by atoms with E-state index in [1.165, 1.54) is 32.9 Å². The summed E-state index contributed by atoms with van der Waals surface area (Å²) in [5, 5.41) is 0. The smallest absolute Gasteiger partial charge is 0.333 e. The number of ether oxygens (including phenoxy) is 4. The molecule has 0 spiro atoms. The lowest BCUT2D eigenvalue weighted by molar-refractivity contribution is -0.146. The monoisotopic (exact) mass is 456 g/mol. The van der Waals surface area contributed by atoms with Crippen LogP contribution in [-0.4, -0.2) is 37.2 Å². The Hall–Kier alpha value is -3.94. The van der Waals surface area contributed by atoms with Crippen LogP contribution in [0.25, 0.3) is 11.1 Å². The maximum atomic E-state index is 14.2. The largest absolute Gasteiger partial charge is 0.483 e. The molecule has 0 N–H and O–H groups in total. The van der Waals surface area contributed by atoms with E-state index >= 15 is 0 Å². The number of hydrogen-bond donors (Lipinski definition) is 0. The third kappa shape index (κ3) is 7.92. The van der Waals surface area contributed by atoms with E-state index in [0.29, 0.717) is 16.9 Å². The number of rotatable bonds is 10. The summed E-state index contributed by atoms with van der Waals surface area (Å²) in [5.41, 5.74) is 1.71. The molecule has 0 bridgehead atoms. The molecule has 0 heterocycles. The second kappa shape index (κ2) is 11.6. The van der Waals surface area contributed by atoms with Gasteiger partial charge < -0.3 is 18.9 Å². The topological polar surface area (TPSA) is 88.1 Å². The van der Waals surface area contributed by atoms with E-state index in [9.17, 15) is 18.8 Å². The van der Waals surface area contributed by atoms with Gasteiger partial charge in [0.05, 0.1) is 0 Å². The normalized spacial score (nSPS) is 10.3. The Morgan fingerprint density at radius 2 is 1.36 bits per heavy atom. The fraction of sp³-hybridized carbons (Fsp3) is 0.240. The van der Waals surface area contributed by atoms with E-state index < -0.39 is 29.8 Å². The van der Waals surface area contributed by atoms with Crippen LogP contribution in [0.15, 0.2) is 66.8 Å². The molecule has 0 fully saturated rings. The minimum absolute atomic E-state index is 0.150. The zero-order valence-electron chi connectivity index (χ0n) is 18.7. The summed E-state index contributed by atoms with van der Waals surface area (Å²) in [6.45, 7) is 10.9. The molecule has 0 aliphatic heterocycles. The molecule has 7 nitrogen and oxygen atoms in total. The summed E-state index contributed by atoms with van der Waals surface area (Å²) in [4.78, 5) is 34.4. The highest BCUT2D eigenvalue weighted by Gasteiger charge is 2.18. The van der Waals surface area contributed by atoms with Crippen LogP contribution in [0.4, 0.5) is 4.39 Å². The maximum Gasteiger partial charge on any atom is 0.333 e. The van der Waals surface area contributed by atoms with Crippen LogP contribution < -0.4 is 9.47 Å². The quantitative estimate of drug-likeness (QED) is 0.297. The summed E-state index contributed by atoms with van der Waals surface area (Å²) in [6.07, 6.45) is -0.775. The number of carbonyl (C=O) groups is 3. The maximum absolute atomic E-state index is 14.2. The molecule has 174 valence electrons. The van der Waals surface area contributed by atoms with Crippen LogP contribution in [0.2, 0.25) is 0 Å². The molecule has 0 saturated carbocycles. The summed E-state index contributed by atoms with van der Waals surface area (Å²) in [6, 6.07) is 10.9. The minimum Gasteiger partial charge on any atom is -0.483 e. The van der Waals surface area contributed by atoms with Crippen LogP contribution in [0.3, 0.4) is 0 Å². The number of esters is 3. The van der Waals surface area contributed by atoms with E-state index in [1.807, 2.05) is 0 Å². The Morgan fingerprint density at radius 1 is 0.848 bits per heavy atom. The first kappa shape index (κ1) is 25.3. The van der Waals surface area contributed by atoms with Gasteiger partial charge in [-0.3, -0.25) is 4.79 Å². The number of hydrogen-bond acceptors (Lipinski definition) is 7. The van der Waals surface area contributed by atoms with Crippen molar-refractivity contribution in [2.45, 2.75) is 26.9 Å². The Balaban J connectivity index is 2.11. The van der Waals surface area contributed by atoms with Gasteiger partial charge in [-0.15, -0.1) is 0 Å². The fourth-order valence-electron chi connectivity index (χ4n) is 2.54. The predicted molar refractivity (Wildman–Crippen MR) is 119 cm³/mol. The van der Waals surface area contributed by atoms with E-state index in [-0.39, 0.29) is 30.1 Å². The molecule has 2 aromatic rings. The molecule has 0 amide bonds. The summed E-state index contributed by atoms with van der Waals surface area (Å²) < 4.78 is 35.0. The van der Waals surface area contributed by atoms with Gasteiger partial charge in [-0.2, -0.15) is 0 Å². The average molecular weight is 456 g/mol. The van der Waals surface area contributed by atoms with Gasteiger partial charge >= 0.3 is 17.9 Å². The van der Waals surface area contributed by atoms with Gasteiger partial charge in [0.25, 0.3) is 0 Å². The molecule has 0 aliphatic carbocycles. The first-order chi connectivity index (χ1) is 15.6. The highest BCUT2D eigenvalue weighted by Crippen LogP contribution is 2.27. The number of halogens is 1.